The third kappa shape index (κ3) is 4.40. The minimum atomic E-state index is 0.140. The molecule has 21 heavy (non-hydrogen) atoms. The highest BCUT2D eigenvalue weighted by Crippen LogP contribution is 2.28. The van der Waals surface area contributed by atoms with Gasteiger partial charge >= 0.3 is 0 Å². The molecule has 6 heteroatoms. The number of nitrogens with zero attached hydrogens (tertiary/aromatic N) is 2. The predicted octanol–water partition coefficient (Wildman–Crippen LogP) is 3.79. The molecule has 112 valence electrons. The smallest absolute Gasteiger partial charge is 0.216 e. The van der Waals surface area contributed by atoms with Crippen molar-refractivity contribution in [3.8, 4) is 5.88 Å². The summed E-state index contributed by atoms with van der Waals surface area (Å²) in [5.41, 5.74) is 2.08. The quantitative estimate of drug-likeness (QED) is 0.840. The molecule has 0 fully saturated rings. The Labute approximate surface area is 138 Å². The molecule has 0 aliphatic carbocycles. The maximum Gasteiger partial charge on any atom is 0.216 e. The fraction of sp³-hybridized carbons (Fsp3) is 0.333. The lowest BCUT2D eigenvalue weighted by atomic mass is 10.0. The van der Waals surface area contributed by atoms with Crippen molar-refractivity contribution in [3.05, 3.63) is 51.3 Å². The Bertz CT molecular complexity index is 609. The van der Waals surface area contributed by atoms with Gasteiger partial charge in [0.25, 0.3) is 0 Å². The Morgan fingerprint density at radius 1 is 1.33 bits per heavy atom. The van der Waals surface area contributed by atoms with E-state index >= 15 is 0 Å². The van der Waals surface area contributed by atoms with Crippen LogP contribution in [0.2, 0.25) is 5.02 Å². The molecule has 0 saturated carbocycles. The van der Waals surface area contributed by atoms with Crippen LogP contribution in [-0.4, -0.2) is 23.6 Å². The van der Waals surface area contributed by atoms with Crippen LogP contribution in [-0.2, 0) is 6.42 Å². The summed E-state index contributed by atoms with van der Waals surface area (Å²) in [6.07, 6.45) is 2.26. The third-order valence-corrected chi connectivity index (χ3v) is 4.03. The van der Waals surface area contributed by atoms with E-state index in [9.17, 15) is 0 Å². The van der Waals surface area contributed by atoms with E-state index in [1.807, 2.05) is 24.3 Å². The molecule has 0 spiro atoms. The number of likely N-dealkylation sites (N-methyl/N-ethyl adjacent to an activating group) is 1. The Kier molecular flexibility index (Phi) is 5.96. The van der Waals surface area contributed by atoms with Gasteiger partial charge in [0.1, 0.15) is 6.33 Å². The van der Waals surface area contributed by atoms with E-state index in [-0.39, 0.29) is 6.04 Å². The molecule has 1 N–H and O–H groups in total. The number of methoxy groups -OCH3 is 1. The molecule has 0 amide bonds. The van der Waals surface area contributed by atoms with Gasteiger partial charge in [-0.05, 0) is 24.2 Å². The van der Waals surface area contributed by atoms with Gasteiger partial charge in [0.05, 0.1) is 7.11 Å². The molecule has 0 aliphatic heterocycles. The highest BCUT2D eigenvalue weighted by molar-refractivity contribution is 9.10. The molecule has 1 aromatic heterocycles. The van der Waals surface area contributed by atoms with Crippen molar-refractivity contribution in [2.24, 2.45) is 0 Å². The molecule has 0 radical (unpaired) electrons. The van der Waals surface area contributed by atoms with Crippen LogP contribution in [0.3, 0.4) is 0 Å². The zero-order valence-electron chi connectivity index (χ0n) is 11.9. The lowest BCUT2D eigenvalue weighted by Crippen LogP contribution is -2.23. The van der Waals surface area contributed by atoms with Gasteiger partial charge in [0.15, 0.2) is 0 Å². The maximum atomic E-state index is 6.01. The molecule has 2 rings (SSSR count). The standard InChI is InChI=1S/C15H17BrClN3O/c1-3-18-14(12-5-4-10(17)6-13(12)16)7-11-8-15(21-2)20-9-19-11/h4-6,8-9,14,18H,3,7H2,1-2H3. The third-order valence-electron chi connectivity index (χ3n) is 3.11. The van der Waals surface area contributed by atoms with E-state index < -0.39 is 0 Å². The molecular weight excluding hydrogens is 354 g/mol. The lowest BCUT2D eigenvalue weighted by molar-refractivity contribution is 0.395. The van der Waals surface area contributed by atoms with Crippen molar-refractivity contribution in [1.82, 2.24) is 15.3 Å². The van der Waals surface area contributed by atoms with Crippen molar-refractivity contribution in [2.45, 2.75) is 19.4 Å². The summed E-state index contributed by atoms with van der Waals surface area (Å²) < 4.78 is 6.13. The lowest BCUT2D eigenvalue weighted by Gasteiger charge is -2.19. The summed E-state index contributed by atoms with van der Waals surface area (Å²) in [5.74, 6) is 0.574. The Hall–Kier alpha value is -1.17. The van der Waals surface area contributed by atoms with E-state index in [1.54, 1.807) is 7.11 Å². The van der Waals surface area contributed by atoms with Gasteiger partial charge in [-0.1, -0.05) is 40.5 Å². The van der Waals surface area contributed by atoms with E-state index in [0.717, 1.165) is 28.7 Å². The SMILES string of the molecule is CCNC(Cc1cc(OC)ncn1)c1ccc(Cl)cc1Br. The summed E-state index contributed by atoms with van der Waals surface area (Å²) in [6, 6.07) is 7.82. The van der Waals surface area contributed by atoms with Gasteiger partial charge in [-0.3, -0.25) is 0 Å². The van der Waals surface area contributed by atoms with Crippen LogP contribution in [0.15, 0.2) is 35.1 Å². The van der Waals surface area contributed by atoms with E-state index in [1.165, 1.54) is 6.33 Å². The second kappa shape index (κ2) is 7.73. The summed E-state index contributed by atoms with van der Waals surface area (Å²) in [4.78, 5) is 8.34. The van der Waals surface area contributed by atoms with Crippen LogP contribution in [0.4, 0.5) is 0 Å². The summed E-state index contributed by atoms with van der Waals surface area (Å²) in [7, 11) is 1.60. The van der Waals surface area contributed by atoms with Crippen LogP contribution >= 0.6 is 27.5 Å². The largest absolute Gasteiger partial charge is 0.481 e. The monoisotopic (exact) mass is 369 g/mol. The van der Waals surface area contributed by atoms with Gasteiger partial charge in [0.2, 0.25) is 5.88 Å². The number of benzene rings is 1. The fourth-order valence-electron chi connectivity index (χ4n) is 2.13. The first-order chi connectivity index (χ1) is 10.1. The zero-order chi connectivity index (χ0) is 15.2. The van der Waals surface area contributed by atoms with Crippen LogP contribution < -0.4 is 10.1 Å². The topological polar surface area (TPSA) is 47.0 Å². The van der Waals surface area contributed by atoms with E-state index in [0.29, 0.717) is 10.9 Å². The maximum absolute atomic E-state index is 6.01. The van der Waals surface area contributed by atoms with Crippen LogP contribution in [0, 0.1) is 0 Å². The summed E-state index contributed by atoms with van der Waals surface area (Å²) in [5, 5.41) is 4.18. The Balaban J connectivity index is 2.26. The van der Waals surface area contributed by atoms with Gasteiger partial charge in [0, 0.05) is 33.7 Å². The van der Waals surface area contributed by atoms with Crippen molar-refractivity contribution >= 4 is 27.5 Å². The first-order valence-corrected chi connectivity index (χ1v) is 7.84. The number of nitrogens with one attached hydrogen (secondary N) is 1. The number of hydrogen-bond donors (Lipinski definition) is 1. The first kappa shape index (κ1) is 16.2. The predicted molar refractivity (Wildman–Crippen MR) is 87.9 cm³/mol. The number of rotatable bonds is 6. The van der Waals surface area contributed by atoms with Gasteiger partial charge in [-0.2, -0.15) is 0 Å². The zero-order valence-corrected chi connectivity index (χ0v) is 14.3. The number of ether oxygens (including phenoxy) is 1. The fourth-order valence-corrected chi connectivity index (χ4v) is 3.09. The molecule has 0 bridgehead atoms. The summed E-state index contributed by atoms with van der Waals surface area (Å²) in [6.45, 7) is 2.94. The van der Waals surface area contributed by atoms with Crippen molar-refractivity contribution in [3.63, 3.8) is 0 Å². The molecule has 0 saturated heterocycles. The van der Waals surface area contributed by atoms with Crippen molar-refractivity contribution in [2.75, 3.05) is 13.7 Å². The second-order valence-electron chi connectivity index (χ2n) is 4.53. The normalized spacial score (nSPS) is 12.2. The van der Waals surface area contributed by atoms with Gasteiger partial charge in [-0.15, -0.1) is 0 Å². The Morgan fingerprint density at radius 2 is 2.14 bits per heavy atom. The molecule has 4 nitrogen and oxygen atoms in total. The van der Waals surface area contributed by atoms with Crippen LogP contribution in [0.25, 0.3) is 0 Å². The molecule has 1 atom stereocenters. The minimum absolute atomic E-state index is 0.140. The number of aromatic nitrogens is 2. The molecule has 2 aromatic rings. The average Bonchev–Trinajstić information content (AvgIpc) is 2.47. The second-order valence-corrected chi connectivity index (χ2v) is 5.82. The van der Waals surface area contributed by atoms with Gasteiger partial charge in [-0.25, -0.2) is 9.97 Å². The van der Waals surface area contributed by atoms with Crippen LogP contribution in [0.1, 0.15) is 24.2 Å². The molecule has 0 aliphatic rings. The molecule has 1 heterocycles. The Morgan fingerprint density at radius 3 is 2.81 bits per heavy atom. The van der Waals surface area contributed by atoms with E-state index in [2.05, 4.69) is 38.1 Å². The minimum Gasteiger partial charge on any atom is -0.481 e. The first-order valence-electron chi connectivity index (χ1n) is 6.67. The number of halogens is 2. The van der Waals surface area contributed by atoms with E-state index in [4.69, 9.17) is 16.3 Å². The van der Waals surface area contributed by atoms with Crippen molar-refractivity contribution in [1.29, 1.82) is 0 Å². The molecular formula is C15H17BrClN3O. The highest BCUT2D eigenvalue weighted by Gasteiger charge is 2.15. The molecule has 1 unspecified atom stereocenters. The molecule has 1 aromatic carbocycles. The number of hydrogen-bond acceptors (Lipinski definition) is 4. The van der Waals surface area contributed by atoms with Gasteiger partial charge < -0.3 is 10.1 Å². The average molecular weight is 371 g/mol. The summed E-state index contributed by atoms with van der Waals surface area (Å²) >= 11 is 9.59. The highest BCUT2D eigenvalue weighted by atomic mass is 79.9. The van der Waals surface area contributed by atoms with Crippen molar-refractivity contribution < 1.29 is 4.74 Å². The van der Waals surface area contributed by atoms with Crippen LogP contribution in [0.5, 0.6) is 5.88 Å².